The van der Waals surface area contributed by atoms with Gasteiger partial charge in [0.15, 0.2) is 0 Å². The maximum absolute atomic E-state index is 13.6. The first-order valence-electron chi connectivity index (χ1n) is 9.48. The van der Waals surface area contributed by atoms with Gasteiger partial charge < -0.3 is 10.2 Å². The Bertz CT molecular complexity index is 941. The minimum atomic E-state index is -0.355. The second-order valence-corrected chi connectivity index (χ2v) is 7.94. The molecule has 6 heteroatoms. The Kier molecular flexibility index (Phi) is 5.24. The van der Waals surface area contributed by atoms with E-state index in [9.17, 15) is 14.0 Å². The third-order valence-electron chi connectivity index (χ3n) is 5.32. The number of hydrogen-bond acceptors (Lipinski definition) is 3. The standard InChI is InChI=1S/C22H26FN3O2/c1-6-24-20(27)16-11-26(21(28)15-7-8-18(23)13(2)9-15)12-22(4,5)17-10-25-14(3)19(16)17/h7-9,11H,6,10,12H2,1-5H3,(H,24,27). The average molecular weight is 383 g/mol. The summed E-state index contributed by atoms with van der Waals surface area (Å²) in [7, 11) is 0. The van der Waals surface area contributed by atoms with Crippen LogP contribution in [0, 0.1) is 18.2 Å². The van der Waals surface area contributed by atoms with Crippen LogP contribution in [0.15, 0.2) is 46.1 Å². The molecule has 0 radical (unpaired) electrons. The van der Waals surface area contributed by atoms with E-state index in [2.05, 4.69) is 24.2 Å². The summed E-state index contributed by atoms with van der Waals surface area (Å²) in [5, 5.41) is 2.84. The summed E-state index contributed by atoms with van der Waals surface area (Å²) in [5.74, 6) is -0.829. The van der Waals surface area contributed by atoms with Gasteiger partial charge in [-0.3, -0.25) is 14.6 Å². The zero-order chi connectivity index (χ0) is 20.6. The van der Waals surface area contributed by atoms with Gasteiger partial charge in [0.1, 0.15) is 5.82 Å². The highest BCUT2D eigenvalue weighted by Gasteiger charge is 2.38. The lowest BCUT2D eigenvalue weighted by Gasteiger charge is -2.30. The number of nitrogens with zero attached hydrogens (tertiary/aromatic N) is 2. The number of aliphatic imine (C=N–C) groups is 1. The number of amides is 2. The van der Waals surface area contributed by atoms with Gasteiger partial charge in [-0.2, -0.15) is 0 Å². The number of benzene rings is 1. The fraction of sp³-hybridized carbons (Fsp3) is 0.409. The second-order valence-electron chi connectivity index (χ2n) is 7.94. The molecule has 0 fully saturated rings. The SMILES string of the molecule is CCNC(=O)C1=CN(C(=O)c2ccc(F)c(C)c2)CC(C)(C)C2=C1C(C)=NC2. The lowest BCUT2D eigenvalue weighted by molar-refractivity contribution is -0.117. The molecule has 0 spiro atoms. The van der Waals surface area contributed by atoms with Crippen LogP contribution in [0.2, 0.25) is 0 Å². The van der Waals surface area contributed by atoms with Gasteiger partial charge in [-0.05, 0) is 50.1 Å². The quantitative estimate of drug-likeness (QED) is 0.870. The number of halogens is 1. The molecule has 2 aliphatic rings. The molecule has 1 N–H and O–H groups in total. The van der Waals surface area contributed by atoms with E-state index in [1.54, 1.807) is 24.1 Å². The van der Waals surface area contributed by atoms with Crippen LogP contribution in [-0.2, 0) is 4.79 Å². The van der Waals surface area contributed by atoms with Crippen molar-refractivity contribution in [1.29, 1.82) is 0 Å². The van der Waals surface area contributed by atoms with Crippen molar-refractivity contribution in [3.8, 4) is 0 Å². The molecule has 1 aromatic carbocycles. The first-order chi connectivity index (χ1) is 13.2. The smallest absolute Gasteiger partial charge is 0.257 e. The number of likely N-dealkylation sites (N-methyl/N-ethyl adjacent to an activating group) is 1. The summed E-state index contributed by atoms with van der Waals surface area (Å²) < 4.78 is 13.6. The molecular weight excluding hydrogens is 357 g/mol. The van der Waals surface area contributed by atoms with Crippen molar-refractivity contribution in [3.05, 3.63) is 58.1 Å². The van der Waals surface area contributed by atoms with Crippen molar-refractivity contribution in [2.75, 3.05) is 19.6 Å². The third kappa shape index (κ3) is 3.51. The molecule has 0 bridgehead atoms. The monoisotopic (exact) mass is 383 g/mol. The first-order valence-corrected chi connectivity index (χ1v) is 9.48. The van der Waals surface area contributed by atoms with Crippen LogP contribution >= 0.6 is 0 Å². The summed E-state index contributed by atoms with van der Waals surface area (Å²) in [6.45, 7) is 10.9. The second kappa shape index (κ2) is 7.34. The minimum absolute atomic E-state index is 0.225. The van der Waals surface area contributed by atoms with Crippen LogP contribution in [0.4, 0.5) is 4.39 Å². The highest BCUT2D eigenvalue weighted by atomic mass is 19.1. The van der Waals surface area contributed by atoms with Gasteiger partial charge in [0.2, 0.25) is 0 Å². The number of hydrogen-bond donors (Lipinski definition) is 1. The number of carbonyl (C=O) groups is 2. The van der Waals surface area contributed by atoms with E-state index in [4.69, 9.17) is 0 Å². The Balaban J connectivity index is 2.09. The van der Waals surface area contributed by atoms with Gasteiger partial charge in [-0.25, -0.2) is 4.39 Å². The van der Waals surface area contributed by atoms with E-state index in [1.165, 1.54) is 12.1 Å². The molecule has 2 amide bonds. The molecule has 0 unspecified atom stereocenters. The number of nitrogens with one attached hydrogen (secondary N) is 1. The fourth-order valence-corrected chi connectivity index (χ4v) is 3.77. The Morgan fingerprint density at radius 1 is 1.29 bits per heavy atom. The first kappa shape index (κ1) is 20.0. The Morgan fingerprint density at radius 2 is 2.00 bits per heavy atom. The van der Waals surface area contributed by atoms with E-state index >= 15 is 0 Å². The van der Waals surface area contributed by atoms with E-state index in [-0.39, 0.29) is 23.0 Å². The summed E-state index contributed by atoms with van der Waals surface area (Å²) in [5.41, 5.74) is 3.62. The van der Waals surface area contributed by atoms with Crippen LogP contribution in [0.1, 0.15) is 43.6 Å². The van der Waals surface area contributed by atoms with Crippen molar-refractivity contribution >= 4 is 17.5 Å². The van der Waals surface area contributed by atoms with E-state index in [1.807, 2.05) is 13.8 Å². The van der Waals surface area contributed by atoms with E-state index < -0.39 is 0 Å². The molecule has 2 aliphatic heterocycles. The van der Waals surface area contributed by atoms with Crippen LogP contribution < -0.4 is 5.32 Å². The van der Waals surface area contributed by atoms with Crippen LogP contribution in [-0.4, -0.2) is 42.1 Å². The molecule has 0 atom stereocenters. The van der Waals surface area contributed by atoms with E-state index in [0.29, 0.717) is 36.3 Å². The lowest BCUT2D eigenvalue weighted by atomic mass is 9.80. The zero-order valence-electron chi connectivity index (χ0n) is 17.0. The van der Waals surface area contributed by atoms with Gasteiger partial charge in [0, 0.05) is 41.6 Å². The fourth-order valence-electron chi connectivity index (χ4n) is 3.77. The van der Waals surface area contributed by atoms with Crippen LogP contribution in [0.25, 0.3) is 0 Å². The van der Waals surface area contributed by atoms with Crippen molar-refractivity contribution < 1.29 is 14.0 Å². The molecular formula is C22H26FN3O2. The molecule has 0 saturated carbocycles. The predicted octanol–water partition coefficient (Wildman–Crippen LogP) is 3.41. The van der Waals surface area contributed by atoms with Crippen molar-refractivity contribution in [2.24, 2.45) is 10.4 Å². The molecule has 0 aliphatic carbocycles. The van der Waals surface area contributed by atoms with Crippen LogP contribution in [0.5, 0.6) is 0 Å². The Labute approximate surface area is 165 Å². The topological polar surface area (TPSA) is 61.8 Å². The molecule has 3 rings (SSSR count). The molecule has 1 aromatic rings. The molecule has 0 saturated heterocycles. The molecule has 0 aromatic heterocycles. The zero-order valence-corrected chi connectivity index (χ0v) is 17.0. The highest BCUT2D eigenvalue weighted by molar-refractivity contribution is 6.15. The van der Waals surface area contributed by atoms with E-state index in [0.717, 1.165) is 16.9 Å². The van der Waals surface area contributed by atoms with Gasteiger partial charge in [0.25, 0.3) is 11.8 Å². The largest absolute Gasteiger partial charge is 0.352 e. The number of rotatable bonds is 3. The number of carbonyl (C=O) groups excluding carboxylic acids is 2. The maximum Gasteiger partial charge on any atom is 0.257 e. The summed E-state index contributed by atoms with van der Waals surface area (Å²) in [4.78, 5) is 32.1. The van der Waals surface area contributed by atoms with Crippen molar-refractivity contribution in [1.82, 2.24) is 10.2 Å². The Morgan fingerprint density at radius 3 is 2.64 bits per heavy atom. The van der Waals surface area contributed by atoms with Gasteiger partial charge in [-0.1, -0.05) is 13.8 Å². The molecule has 28 heavy (non-hydrogen) atoms. The molecule has 5 nitrogen and oxygen atoms in total. The lowest BCUT2D eigenvalue weighted by Crippen LogP contribution is -2.36. The minimum Gasteiger partial charge on any atom is -0.352 e. The predicted molar refractivity (Wildman–Crippen MR) is 108 cm³/mol. The number of aryl methyl sites for hydroxylation is 1. The van der Waals surface area contributed by atoms with Crippen LogP contribution in [0.3, 0.4) is 0 Å². The van der Waals surface area contributed by atoms with Gasteiger partial charge >= 0.3 is 0 Å². The summed E-state index contributed by atoms with van der Waals surface area (Å²) in [6, 6.07) is 4.33. The molecule has 148 valence electrons. The highest BCUT2D eigenvalue weighted by Crippen LogP contribution is 2.39. The Hall–Kier alpha value is -2.76. The van der Waals surface area contributed by atoms with Gasteiger partial charge in [0.05, 0.1) is 12.1 Å². The summed E-state index contributed by atoms with van der Waals surface area (Å²) in [6.07, 6.45) is 1.63. The summed E-state index contributed by atoms with van der Waals surface area (Å²) >= 11 is 0. The maximum atomic E-state index is 13.6. The third-order valence-corrected chi connectivity index (χ3v) is 5.32. The van der Waals surface area contributed by atoms with Crippen molar-refractivity contribution in [3.63, 3.8) is 0 Å². The van der Waals surface area contributed by atoms with Crippen molar-refractivity contribution in [2.45, 2.75) is 34.6 Å². The normalized spacial score (nSPS) is 18.3. The molecule has 2 heterocycles. The van der Waals surface area contributed by atoms with Gasteiger partial charge in [-0.15, -0.1) is 0 Å². The average Bonchev–Trinajstić information content (AvgIpc) is 2.97.